The van der Waals surface area contributed by atoms with Crippen molar-refractivity contribution in [3.63, 3.8) is 0 Å². The van der Waals surface area contributed by atoms with Crippen LogP contribution in [0.25, 0.3) is 0 Å². The van der Waals surface area contributed by atoms with Crippen molar-refractivity contribution in [2.45, 2.75) is 6.92 Å². The number of amides is 1. The smallest absolute Gasteiger partial charge is 0.269 e. The van der Waals surface area contributed by atoms with Crippen molar-refractivity contribution in [2.75, 3.05) is 49.5 Å². The predicted octanol–water partition coefficient (Wildman–Crippen LogP) is 2.75. The van der Waals surface area contributed by atoms with Crippen LogP contribution < -0.4 is 15.0 Å². The maximum atomic E-state index is 12.3. The van der Waals surface area contributed by atoms with Crippen LogP contribution in [0.5, 0.6) is 5.75 Å². The Morgan fingerprint density at radius 3 is 2.29 bits per heavy atom. The summed E-state index contributed by atoms with van der Waals surface area (Å²) in [5.41, 5.74) is 1.80. The van der Waals surface area contributed by atoms with Gasteiger partial charge in [0.1, 0.15) is 5.75 Å². The number of rotatable bonds is 7. The number of nitro groups is 1. The van der Waals surface area contributed by atoms with Gasteiger partial charge in [-0.2, -0.15) is 0 Å². The minimum absolute atomic E-state index is 0.0482. The fraction of sp³-hybridized carbons (Fsp3) is 0.350. The number of hydrogen-bond acceptors (Lipinski definition) is 6. The van der Waals surface area contributed by atoms with Crippen LogP contribution in [0.15, 0.2) is 48.5 Å². The normalized spacial score (nSPS) is 14.5. The van der Waals surface area contributed by atoms with E-state index in [9.17, 15) is 14.9 Å². The number of nitrogens with zero attached hydrogens (tertiary/aromatic N) is 3. The van der Waals surface area contributed by atoms with Crippen LogP contribution in [0, 0.1) is 10.1 Å². The zero-order valence-electron chi connectivity index (χ0n) is 15.8. The van der Waals surface area contributed by atoms with Gasteiger partial charge in [0.15, 0.2) is 0 Å². The first-order chi connectivity index (χ1) is 13.5. The lowest BCUT2D eigenvalue weighted by atomic mass is 10.2. The van der Waals surface area contributed by atoms with Gasteiger partial charge in [-0.3, -0.25) is 19.8 Å². The average molecular weight is 384 g/mol. The number of non-ortho nitro benzene ring substituents is 1. The van der Waals surface area contributed by atoms with E-state index in [4.69, 9.17) is 4.74 Å². The zero-order valence-corrected chi connectivity index (χ0v) is 15.8. The molecule has 1 fully saturated rings. The Morgan fingerprint density at radius 2 is 1.71 bits per heavy atom. The molecule has 0 aliphatic carbocycles. The first kappa shape index (κ1) is 19.6. The second-order valence-electron chi connectivity index (χ2n) is 6.54. The van der Waals surface area contributed by atoms with Gasteiger partial charge in [0.25, 0.3) is 5.69 Å². The van der Waals surface area contributed by atoms with Crippen LogP contribution in [0.3, 0.4) is 0 Å². The molecule has 0 spiro atoms. The molecule has 0 unspecified atom stereocenters. The number of carbonyl (C=O) groups excluding carboxylic acids is 1. The fourth-order valence-electron chi connectivity index (χ4n) is 3.15. The molecule has 1 N–H and O–H groups in total. The van der Waals surface area contributed by atoms with Crippen LogP contribution in [0.2, 0.25) is 0 Å². The number of anilines is 2. The first-order valence-electron chi connectivity index (χ1n) is 9.29. The van der Waals surface area contributed by atoms with Gasteiger partial charge >= 0.3 is 0 Å². The Hall–Kier alpha value is -3.13. The molecular formula is C20H24N4O4. The van der Waals surface area contributed by atoms with E-state index in [2.05, 4.69) is 15.1 Å². The quantitative estimate of drug-likeness (QED) is 0.583. The molecule has 0 radical (unpaired) electrons. The summed E-state index contributed by atoms with van der Waals surface area (Å²) < 4.78 is 5.39. The van der Waals surface area contributed by atoms with E-state index in [1.54, 1.807) is 12.1 Å². The maximum Gasteiger partial charge on any atom is 0.269 e. The molecule has 1 aliphatic heterocycles. The van der Waals surface area contributed by atoms with Crippen LogP contribution >= 0.6 is 0 Å². The van der Waals surface area contributed by atoms with Crippen molar-refractivity contribution in [1.29, 1.82) is 0 Å². The van der Waals surface area contributed by atoms with E-state index in [-0.39, 0.29) is 11.6 Å². The number of benzene rings is 2. The Balaban J connectivity index is 1.45. The van der Waals surface area contributed by atoms with Gasteiger partial charge in [0, 0.05) is 49.7 Å². The molecule has 0 aromatic heterocycles. The molecule has 3 rings (SSSR count). The molecule has 148 valence electrons. The summed E-state index contributed by atoms with van der Waals surface area (Å²) in [6, 6.07) is 13.9. The molecule has 2 aromatic rings. The summed E-state index contributed by atoms with van der Waals surface area (Å²) in [5.74, 6) is 0.732. The minimum Gasteiger partial charge on any atom is -0.494 e. The minimum atomic E-state index is -0.398. The maximum absolute atomic E-state index is 12.3. The predicted molar refractivity (Wildman–Crippen MR) is 108 cm³/mol. The van der Waals surface area contributed by atoms with Crippen LogP contribution in [-0.4, -0.2) is 55.1 Å². The number of ether oxygens (including phenoxy) is 1. The van der Waals surface area contributed by atoms with Crippen molar-refractivity contribution in [3.8, 4) is 5.75 Å². The molecule has 0 atom stereocenters. The second kappa shape index (κ2) is 9.18. The number of carbonyl (C=O) groups is 1. The van der Waals surface area contributed by atoms with Gasteiger partial charge in [0.2, 0.25) is 5.91 Å². The molecule has 1 heterocycles. The molecule has 8 heteroatoms. The Labute approximate surface area is 163 Å². The van der Waals surface area contributed by atoms with E-state index in [0.29, 0.717) is 13.2 Å². The lowest BCUT2D eigenvalue weighted by Crippen LogP contribution is -2.48. The standard InChI is InChI=1S/C20H24N4O4/c1-2-28-19-9-3-16(4-10-19)21-20(25)15-22-11-13-23(14-12-22)17-5-7-18(8-6-17)24(26)27/h3-10H,2,11-15H2,1H3,(H,21,25). The highest BCUT2D eigenvalue weighted by Gasteiger charge is 2.19. The van der Waals surface area contributed by atoms with E-state index >= 15 is 0 Å². The summed E-state index contributed by atoms with van der Waals surface area (Å²) in [4.78, 5) is 26.9. The lowest BCUT2D eigenvalue weighted by molar-refractivity contribution is -0.384. The third-order valence-corrected chi connectivity index (χ3v) is 4.61. The average Bonchev–Trinajstić information content (AvgIpc) is 2.70. The molecule has 1 amide bonds. The van der Waals surface area contributed by atoms with Gasteiger partial charge in [0.05, 0.1) is 18.1 Å². The van der Waals surface area contributed by atoms with E-state index in [0.717, 1.165) is 43.3 Å². The van der Waals surface area contributed by atoms with E-state index < -0.39 is 4.92 Å². The zero-order chi connectivity index (χ0) is 19.9. The largest absolute Gasteiger partial charge is 0.494 e. The van der Waals surface area contributed by atoms with Crippen LogP contribution in [0.1, 0.15) is 6.92 Å². The van der Waals surface area contributed by atoms with Crippen molar-refractivity contribution in [1.82, 2.24) is 4.90 Å². The summed E-state index contributed by atoms with van der Waals surface area (Å²) in [7, 11) is 0. The van der Waals surface area contributed by atoms with Crippen molar-refractivity contribution < 1.29 is 14.5 Å². The van der Waals surface area contributed by atoms with Crippen molar-refractivity contribution >= 4 is 23.0 Å². The number of piperazine rings is 1. The summed E-state index contributed by atoms with van der Waals surface area (Å²) in [5, 5.41) is 13.7. The Bertz CT molecular complexity index is 800. The number of nitro benzene ring substituents is 1. The van der Waals surface area contributed by atoms with Crippen molar-refractivity contribution in [2.24, 2.45) is 0 Å². The first-order valence-corrected chi connectivity index (χ1v) is 9.29. The monoisotopic (exact) mass is 384 g/mol. The summed E-state index contributed by atoms with van der Waals surface area (Å²) in [6.45, 7) is 5.93. The molecule has 28 heavy (non-hydrogen) atoms. The summed E-state index contributed by atoms with van der Waals surface area (Å²) in [6.07, 6.45) is 0. The second-order valence-corrected chi connectivity index (χ2v) is 6.54. The van der Waals surface area contributed by atoms with Gasteiger partial charge < -0.3 is 15.0 Å². The topological polar surface area (TPSA) is 88.0 Å². The highest BCUT2D eigenvalue weighted by molar-refractivity contribution is 5.92. The molecular weight excluding hydrogens is 360 g/mol. The Morgan fingerprint density at radius 1 is 1.07 bits per heavy atom. The molecule has 1 aliphatic rings. The molecule has 1 saturated heterocycles. The summed E-state index contributed by atoms with van der Waals surface area (Å²) >= 11 is 0. The Kier molecular flexibility index (Phi) is 6.44. The van der Waals surface area contributed by atoms with E-state index in [1.165, 1.54) is 12.1 Å². The molecule has 0 saturated carbocycles. The van der Waals surface area contributed by atoms with E-state index in [1.807, 2.05) is 31.2 Å². The van der Waals surface area contributed by atoms with Gasteiger partial charge in [-0.05, 0) is 43.3 Å². The molecule has 0 bridgehead atoms. The van der Waals surface area contributed by atoms with Gasteiger partial charge in [-0.1, -0.05) is 0 Å². The lowest BCUT2D eigenvalue weighted by Gasteiger charge is -2.35. The van der Waals surface area contributed by atoms with Gasteiger partial charge in [-0.25, -0.2) is 0 Å². The van der Waals surface area contributed by atoms with Gasteiger partial charge in [-0.15, -0.1) is 0 Å². The number of hydrogen-bond donors (Lipinski definition) is 1. The fourth-order valence-corrected chi connectivity index (χ4v) is 3.15. The highest BCUT2D eigenvalue weighted by Crippen LogP contribution is 2.21. The number of nitrogens with one attached hydrogen (secondary N) is 1. The van der Waals surface area contributed by atoms with Crippen LogP contribution in [-0.2, 0) is 4.79 Å². The third-order valence-electron chi connectivity index (χ3n) is 4.61. The third kappa shape index (κ3) is 5.20. The molecule has 8 nitrogen and oxygen atoms in total. The van der Waals surface area contributed by atoms with Crippen molar-refractivity contribution in [3.05, 3.63) is 58.6 Å². The highest BCUT2D eigenvalue weighted by atomic mass is 16.6. The van der Waals surface area contributed by atoms with Crippen LogP contribution in [0.4, 0.5) is 17.1 Å². The SMILES string of the molecule is CCOc1ccc(NC(=O)CN2CCN(c3ccc([N+](=O)[O-])cc3)CC2)cc1. The molecule has 2 aromatic carbocycles.